The van der Waals surface area contributed by atoms with Crippen molar-refractivity contribution in [3.8, 4) is 6.07 Å². The Bertz CT molecular complexity index is 1410. The predicted molar refractivity (Wildman–Crippen MR) is 146 cm³/mol. The zero-order chi connectivity index (χ0) is 25.9. The number of benzene rings is 3. The van der Waals surface area contributed by atoms with Gasteiger partial charge < -0.3 is 9.47 Å². The molecule has 0 saturated carbocycles. The molecule has 4 aromatic rings. The molecule has 0 aliphatic heterocycles. The maximum absolute atomic E-state index is 12.8. The largest absolute Gasteiger partial charge is 0.331 e. The van der Waals surface area contributed by atoms with Gasteiger partial charge in [0.25, 0.3) is 0 Å². The smallest absolute Gasteiger partial charge is 0.242 e. The fourth-order valence-electron chi connectivity index (χ4n) is 4.32. The van der Waals surface area contributed by atoms with Crippen LogP contribution in [-0.4, -0.2) is 21.3 Å². The molecule has 0 aliphatic carbocycles. The summed E-state index contributed by atoms with van der Waals surface area (Å²) < 4.78 is 2.10. The molecule has 4 rings (SSSR count). The molecule has 0 spiro atoms. The summed E-state index contributed by atoms with van der Waals surface area (Å²) in [7, 11) is 2.02. The van der Waals surface area contributed by atoms with Crippen molar-refractivity contribution < 1.29 is 4.79 Å². The van der Waals surface area contributed by atoms with Crippen LogP contribution in [0.4, 0.5) is 5.69 Å². The van der Waals surface area contributed by atoms with Crippen molar-refractivity contribution in [3.63, 3.8) is 0 Å². The minimum atomic E-state index is -0.145. The van der Waals surface area contributed by atoms with E-state index in [4.69, 9.17) is 21.8 Å². The van der Waals surface area contributed by atoms with E-state index in [-0.39, 0.29) is 17.2 Å². The molecule has 5 nitrogen and oxygen atoms in total. The van der Waals surface area contributed by atoms with E-state index in [1.807, 2.05) is 49.5 Å². The number of alkyl halides is 1. The SMILES string of the molecule is Cn1c(CCc2ccc(C#N)cc2)nc2cc(N(Cc3ccc(C(C)(C)C)cc3)C(=O)CCl)ccc21. The maximum atomic E-state index is 12.8. The Morgan fingerprint density at radius 3 is 2.28 bits per heavy atom. The van der Waals surface area contributed by atoms with Crippen LogP contribution in [0.2, 0.25) is 0 Å². The molecule has 184 valence electrons. The van der Waals surface area contributed by atoms with E-state index in [2.05, 4.69) is 55.7 Å². The summed E-state index contributed by atoms with van der Waals surface area (Å²) in [6.07, 6.45) is 1.61. The molecule has 3 aromatic carbocycles. The number of aromatic nitrogens is 2. The second kappa shape index (κ2) is 10.6. The first-order chi connectivity index (χ1) is 17.2. The normalized spacial score (nSPS) is 11.4. The van der Waals surface area contributed by atoms with Crippen LogP contribution in [-0.2, 0) is 36.6 Å². The van der Waals surface area contributed by atoms with Crippen molar-refractivity contribution in [1.29, 1.82) is 5.26 Å². The van der Waals surface area contributed by atoms with Gasteiger partial charge in [-0.25, -0.2) is 4.98 Å². The molecule has 0 unspecified atom stereocenters. The number of amides is 1. The van der Waals surface area contributed by atoms with Gasteiger partial charge in [-0.05, 0) is 58.9 Å². The summed E-state index contributed by atoms with van der Waals surface area (Å²) in [5, 5.41) is 8.99. The van der Waals surface area contributed by atoms with E-state index in [0.717, 1.165) is 46.5 Å². The van der Waals surface area contributed by atoms with Gasteiger partial charge in [0.15, 0.2) is 0 Å². The van der Waals surface area contributed by atoms with Crippen molar-refractivity contribution in [1.82, 2.24) is 9.55 Å². The van der Waals surface area contributed by atoms with Crippen molar-refractivity contribution in [3.05, 3.63) is 94.8 Å². The predicted octanol–water partition coefficient (Wildman–Crippen LogP) is 6.30. The van der Waals surface area contributed by atoms with Crippen LogP contribution >= 0.6 is 11.6 Å². The number of nitrogens with zero attached hydrogens (tertiary/aromatic N) is 4. The quantitative estimate of drug-likeness (QED) is 0.281. The summed E-state index contributed by atoms with van der Waals surface area (Å²) in [5.74, 6) is 0.739. The highest BCUT2D eigenvalue weighted by Gasteiger charge is 2.19. The molecule has 1 amide bonds. The van der Waals surface area contributed by atoms with Crippen LogP contribution in [0.3, 0.4) is 0 Å². The molecule has 0 atom stereocenters. The van der Waals surface area contributed by atoms with Crippen molar-refractivity contribution in [2.75, 3.05) is 10.8 Å². The number of fused-ring (bicyclic) bond motifs is 1. The van der Waals surface area contributed by atoms with Gasteiger partial charge in [0.2, 0.25) is 5.91 Å². The molecule has 0 radical (unpaired) electrons. The first-order valence-electron chi connectivity index (χ1n) is 12.1. The zero-order valence-corrected chi connectivity index (χ0v) is 22.0. The van der Waals surface area contributed by atoms with Gasteiger partial charge in [-0.1, -0.05) is 57.2 Å². The lowest BCUT2D eigenvalue weighted by Gasteiger charge is -2.23. The lowest BCUT2D eigenvalue weighted by molar-refractivity contribution is -0.116. The summed E-state index contributed by atoms with van der Waals surface area (Å²) in [6, 6.07) is 24.2. The third kappa shape index (κ3) is 5.61. The van der Waals surface area contributed by atoms with Gasteiger partial charge in [-0.3, -0.25) is 4.79 Å². The maximum Gasteiger partial charge on any atom is 0.242 e. The Labute approximate surface area is 217 Å². The third-order valence-corrected chi connectivity index (χ3v) is 6.79. The molecule has 0 fully saturated rings. The average molecular weight is 499 g/mol. The lowest BCUT2D eigenvalue weighted by atomic mass is 9.87. The standard InChI is InChI=1S/C30H31ClN4O/c1-30(2,3)24-12-9-23(10-13-24)20-35(29(36)18-31)25-14-15-27-26(17-25)33-28(34(27)4)16-11-21-5-7-22(19-32)8-6-21/h5-10,12-15,17H,11,16,18,20H2,1-4H3. The average Bonchev–Trinajstić information content (AvgIpc) is 3.20. The lowest BCUT2D eigenvalue weighted by Crippen LogP contribution is -2.31. The highest BCUT2D eigenvalue weighted by atomic mass is 35.5. The first-order valence-corrected chi connectivity index (χ1v) is 12.6. The molecule has 0 saturated heterocycles. The van der Waals surface area contributed by atoms with Gasteiger partial charge >= 0.3 is 0 Å². The van der Waals surface area contributed by atoms with Gasteiger partial charge in [0.05, 0.1) is 29.2 Å². The van der Waals surface area contributed by atoms with Gasteiger partial charge in [0.1, 0.15) is 11.7 Å². The van der Waals surface area contributed by atoms with Gasteiger partial charge in [0, 0.05) is 19.2 Å². The number of halogens is 1. The number of hydrogen-bond donors (Lipinski definition) is 0. The van der Waals surface area contributed by atoms with E-state index in [1.54, 1.807) is 4.90 Å². The van der Waals surface area contributed by atoms with Gasteiger partial charge in [-0.2, -0.15) is 5.26 Å². The van der Waals surface area contributed by atoms with Gasteiger partial charge in [-0.15, -0.1) is 11.6 Å². The third-order valence-electron chi connectivity index (χ3n) is 6.57. The number of hydrogen-bond acceptors (Lipinski definition) is 3. The highest BCUT2D eigenvalue weighted by molar-refractivity contribution is 6.29. The number of rotatable bonds is 7. The molecular weight excluding hydrogens is 468 g/mol. The minimum absolute atomic E-state index is 0.0754. The number of carbonyl (C=O) groups excluding carboxylic acids is 1. The number of nitriles is 1. The van der Waals surface area contributed by atoms with E-state index >= 15 is 0 Å². The first kappa shape index (κ1) is 25.5. The van der Waals surface area contributed by atoms with Crippen LogP contribution in [0, 0.1) is 11.3 Å². The van der Waals surface area contributed by atoms with Crippen LogP contribution in [0.1, 0.15) is 48.8 Å². The Morgan fingerprint density at radius 2 is 1.67 bits per heavy atom. The Hall–Kier alpha value is -3.62. The van der Waals surface area contributed by atoms with E-state index < -0.39 is 0 Å². The fourth-order valence-corrected chi connectivity index (χ4v) is 4.46. The monoisotopic (exact) mass is 498 g/mol. The second-order valence-electron chi connectivity index (χ2n) is 10.1. The second-order valence-corrected chi connectivity index (χ2v) is 10.4. The minimum Gasteiger partial charge on any atom is -0.331 e. The van der Waals surface area contributed by atoms with Crippen molar-refractivity contribution in [2.24, 2.45) is 7.05 Å². The van der Waals surface area contributed by atoms with E-state index in [9.17, 15) is 4.79 Å². The Balaban J connectivity index is 1.57. The molecule has 0 bridgehead atoms. The van der Waals surface area contributed by atoms with Crippen molar-refractivity contribution >= 4 is 34.2 Å². The van der Waals surface area contributed by atoms with Crippen LogP contribution in [0.15, 0.2) is 66.7 Å². The number of anilines is 1. The molecule has 1 aromatic heterocycles. The molecule has 0 N–H and O–H groups in total. The zero-order valence-electron chi connectivity index (χ0n) is 21.3. The summed E-state index contributed by atoms with van der Waals surface area (Å²) >= 11 is 5.99. The van der Waals surface area contributed by atoms with E-state index in [0.29, 0.717) is 12.1 Å². The number of imidazole rings is 1. The Kier molecular flexibility index (Phi) is 7.47. The molecule has 0 aliphatic rings. The van der Waals surface area contributed by atoms with Crippen molar-refractivity contribution in [2.45, 2.75) is 45.6 Å². The topological polar surface area (TPSA) is 61.9 Å². The summed E-state index contributed by atoms with van der Waals surface area (Å²) in [6.45, 7) is 7.00. The number of aryl methyl sites for hydroxylation is 3. The fraction of sp³-hybridized carbons (Fsp3) is 0.300. The van der Waals surface area contributed by atoms with Crippen LogP contribution in [0.5, 0.6) is 0 Å². The molecule has 36 heavy (non-hydrogen) atoms. The van der Waals surface area contributed by atoms with E-state index in [1.165, 1.54) is 5.56 Å². The summed E-state index contributed by atoms with van der Waals surface area (Å²) in [5.41, 5.74) is 6.85. The molecular formula is C30H31ClN4O. The Morgan fingerprint density at radius 1 is 1.00 bits per heavy atom. The molecule has 6 heteroatoms. The highest BCUT2D eigenvalue weighted by Crippen LogP contribution is 2.27. The van der Waals surface area contributed by atoms with Crippen LogP contribution < -0.4 is 4.90 Å². The molecule has 1 heterocycles. The number of carbonyl (C=O) groups is 1. The van der Waals surface area contributed by atoms with Crippen LogP contribution in [0.25, 0.3) is 11.0 Å². The summed E-state index contributed by atoms with van der Waals surface area (Å²) in [4.78, 5) is 19.4.